The molecule has 14 heavy (non-hydrogen) atoms. The van der Waals surface area contributed by atoms with Gasteiger partial charge in [-0.15, -0.1) is 0 Å². The van der Waals surface area contributed by atoms with Crippen LogP contribution in [0, 0.1) is 5.92 Å². The summed E-state index contributed by atoms with van der Waals surface area (Å²) in [6, 6.07) is 0.800. The van der Waals surface area contributed by atoms with Crippen LogP contribution >= 0.6 is 11.8 Å². The van der Waals surface area contributed by atoms with Crippen LogP contribution in [-0.4, -0.2) is 49.1 Å². The Labute approximate surface area is 91.8 Å². The van der Waals surface area contributed by atoms with Crippen LogP contribution in [0.15, 0.2) is 0 Å². The minimum absolute atomic E-state index is 0.800. The van der Waals surface area contributed by atoms with Crippen molar-refractivity contribution < 1.29 is 0 Å². The highest BCUT2D eigenvalue weighted by Gasteiger charge is 2.22. The van der Waals surface area contributed by atoms with Crippen molar-refractivity contribution in [3.8, 4) is 0 Å². The molecule has 0 aromatic carbocycles. The number of likely N-dealkylation sites (N-methyl/N-ethyl adjacent to an activating group) is 1. The lowest BCUT2D eigenvalue weighted by molar-refractivity contribution is 0.182. The van der Waals surface area contributed by atoms with Crippen LogP contribution in [0.25, 0.3) is 0 Å². The molecule has 2 nitrogen and oxygen atoms in total. The van der Waals surface area contributed by atoms with E-state index < -0.39 is 0 Å². The summed E-state index contributed by atoms with van der Waals surface area (Å²) in [7, 11) is 2.31. The first kappa shape index (κ1) is 10.8. The molecule has 3 heteroatoms. The molecular formula is C11H22N2S. The number of hydrogen-bond acceptors (Lipinski definition) is 3. The van der Waals surface area contributed by atoms with Gasteiger partial charge in [-0.2, -0.15) is 11.8 Å². The van der Waals surface area contributed by atoms with Crippen LogP contribution in [0.2, 0.25) is 0 Å². The normalized spacial score (nSPS) is 33.9. The Morgan fingerprint density at radius 2 is 2.36 bits per heavy atom. The van der Waals surface area contributed by atoms with Gasteiger partial charge in [-0.3, -0.25) is 0 Å². The van der Waals surface area contributed by atoms with Crippen molar-refractivity contribution in [1.29, 1.82) is 0 Å². The minimum atomic E-state index is 0.800. The molecule has 0 amide bonds. The summed E-state index contributed by atoms with van der Waals surface area (Å²) in [6.45, 7) is 3.75. The molecule has 0 saturated carbocycles. The molecule has 2 rings (SSSR count). The summed E-state index contributed by atoms with van der Waals surface area (Å²) in [4.78, 5) is 2.59. The maximum atomic E-state index is 3.49. The molecule has 0 spiro atoms. The number of nitrogens with zero attached hydrogens (tertiary/aromatic N) is 1. The zero-order valence-corrected chi connectivity index (χ0v) is 9.98. The fraction of sp³-hybridized carbons (Fsp3) is 1.00. The van der Waals surface area contributed by atoms with Gasteiger partial charge in [0.05, 0.1) is 0 Å². The van der Waals surface area contributed by atoms with Crippen LogP contribution in [0.5, 0.6) is 0 Å². The fourth-order valence-electron chi connectivity index (χ4n) is 2.49. The van der Waals surface area contributed by atoms with E-state index in [4.69, 9.17) is 0 Å². The Hall–Kier alpha value is 0.270. The van der Waals surface area contributed by atoms with Crippen molar-refractivity contribution in [1.82, 2.24) is 10.2 Å². The maximum Gasteiger partial charge on any atom is 0.0218 e. The van der Waals surface area contributed by atoms with Crippen LogP contribution in [0.3, 0.4) is 0 Å². The third-order valence-corrected chi connectivity index (χ3v) is 4.70. The number of nitrogens with one attached hydrogen (secondary N) is 1. The molecule has 2 fully saturated rings. The molecule has 82 valence electrons. The van der Waals surface area contributed by atoms with Gasteiger partial charge >= 0.3 is 0 Å². The summed E-state index contributed by atoms with van der Waals surface area (Å²) < 4.78 is 0. The molecule has 0 bridgehead atoms. The third-order valence-electron chi connectivity index (χ3n) is 3.46. The number of rotatable bonds is 3. The maximum absolute atomic E-state index is 3.49. The van der Waals surface area contributed by atoms with E-state index >= 15 is 0 Å². The van der Waals surface area contributed by atoms with Gasteiger partial charge in [0.25, 0.3) is 0 Å². The second-order valence-corrected chi connectivity index (χ2v) is 5.82. The summed E-state index contributed by atoms with van der Waals surface area (Å²) >= 11 is 2.13. The molecule has 2 saturated heterocycles. The van der Waals surface area contributed by atoms with Crippen LogP contribution in [0.4, 0.5) is 0 Å². The monoisotopic (exact) mass is 214 g/mol. The zero-order valence-electron chi connectivity index (χ0n) is 9.17. The SMILES string of the molecule is CN(CC1CCSC1)C1CCCNC1. The number of piperidine rings is 1. The van der Waals surface area contributed by atoms with Gasteiger partial charge in [-0.25, -0.2) is 0 Å². The average molecular weight is 214 g/mol. The summed E-state index contributed by atoms with van der Waals surface area (Å²) in [5.74, 6) is 3.75. The Bertz CT molecular complexity index is 163. The van der Waals surface area contributed by atoms with Gasteiger partial charge in [-0.1, -0.05) is 0 Å². The van der Waals surface area contributed by atoms with E-state index in [9.17, 15) is 0 Å². The van der Waals surface area contributed by atoms with Gasteiger partial charge in [-0.05, 0) is 50.3 Å². The Morgan fingerprint density at radius 3 is 3.00 bits per heavy atom. The molecule has 0 aliphatic carbocycles. The standard InChI is InChI=1S/C11H22N2S/c1-13(8-10-4-6-14-9-10)11-3-2-5-12-7-11/h10-12H,2-9H2,1H3. The smallest absolute Gasteiger partial charge is 0.0218 e. The van der Waals surface area contributed by atoms with Crippen LogP contribution < -0.4 is 5.32 Å². The third kappa shape index (κ3) is 2.88. The topological polar surface area (TPSA) is 15.3 Å². The van der Waals surface area contributed by atoms with Gasteiger partial charge in [0.15, 0.2) is 0 Å². The van der Waals surface area contributed by atoms with Crippen LogP contribution in [-0.2, 0) is 0 Å². The molecule has 1 N–H and O–H groups in total. The van der Waals surface area contributed by atoms with Crippen molar-refractivity contribution in [3.05, 3.63) is 0 Å². The molecule has 0 radical (unpaired) electrons. The molecular weight excluding hydrogens is 192 g/mol. The highest BCUT2D eigenvalue weighted by Crippen LogP contribution is 2.24. The quantitative estimate of drug-likeness (QED) is 0.765. The first-order valence-electron chi connectivity index (χ1n) is 5.85. The number of hydrogen-bond donors (Lipinski definition) is 1. The Kier molecular flexibility index (Phi) is 4.14. The molecule has 2 aliphatic rings. The Balaban J connectivity index is 1.72. The van der Waals surface area contributed by atoms with Gasteiger partial charge in [0.1, 0.15) is 0 Å². The predicted octanol–water partition coefficient (Wildman–Crippen LogP) is 1.42. The van der Waals surface area contributed by atoms with E-state index in [0.29, 0.717) is 0 Å². The van der Waals surface area contributed by atoms with E-state index in [1.54, 1.807) is 0 Å². The van der Waals surface area contributed by atoms with Crippen molar-refractivity contribution in [2.75, 3.05) is 38.2 Å². The predicted molar refractivity (Wildman–Crippen MR) is 64.0 cm³/mol. The highest BCUT2D eigenvalue weighted by molar-refractivity contribution is 7.99. The second-order valence-electron chi connectivity index (χ2n) is 4.67. The lowest BCUT2D eigenvalue weighted by atomic mass is 10.0. The minimum Gasteiger partial charge on any atom is -0.315 e. The van der Waals surface area contributed by atoms with E-state index in [2.05, 4.69) is 29.0 Å². The largest absolute Gasteiger partial charge is 0.315 e. The van der Waals surface area contributed by atoms with Crippen molar-refractivity contribution >= 4 is 11.8 Å². The van der Waals surface area contributed by atoms with Crippen molar-refractivity contribution in [3.63, 3.8) is 0 Å². The van der Waals surface area contributed by atoms with Gasteiger partial charge < -0.3 is 10.2 Å². The molecule has 2 atom stereocenters. The van der Waals surface area contributed by atoms with Crippen LogP contribution in [0.1, 0.15) is 19.3 Å². The summed E-state index contributed by atoms with van der Waals surface area (Å²) in [5.41, 5.74) is 0. The molecule has 2 unspecified atom stereocenters. The van der Waals surface area contributed by atoms with E-state index in [1.165, 1.54) is 50.4 Å². The first-order chi connectivity index (χ1) is 6.86. The first-order valence-corrected chi connectivity index (χ1v) is 7.00. The fourth-order valence-corrected chi connectivity index (χ4v) is 3.77. The van der Waals surface area contributed by atoms with E-state index in [1.807, 2.05) is 0 Å². The molecule has 2 aliphatic heterocycles. The summed E-state index contributed by atoms with van der Waals surface area (Å²) in [6.07, 6.45) is 4.19. The lowest BCUT2D eigenvalue weighted by Gasteiger charge is -2.33. The average Bonchev–Trinajstić information content (AvgIpc) is 2.72. The van der Waals surface area contributed by atoms with Gasteiger partial charge in [0.2, 0.25) is 0 Å². The molecule has 0 aromatic rings. The zero-order chi connectivity index (χ0) is 9.80. The van der Waals surface area contributed by atoms with E-state index in [-0.39, 0.29) is 0 Å². The van der Waals surface area contributed by atoms with Gasteiger partial charge in [0, 0.05) is 19.1 Å². The molecule has 0 aromatic heterocycles. The number of thioether (sulfide) groups is 1. The van der Waals surface area contributed by atoms with Crippen molar-refractivity contribution in [2.24, 2.45) is 5.92 Å². The highest BCUT2D eigenvalue weighted by atomic mass is 32.2. The molecule has 2 heterocycles. The Morgan fingerprint density at radius 1 is 1.43 bits per heavy atom. The van der Waals surface area contributed by atoms with E-state index in [0.717, 1.165) is 12.0 Å². The lowest BCUT2D eigenvalue weighted by Crippen LogP contribution is -2.45. The second kappa shape index (κ2) is 5.38. The summed E-state index contributed by atoms with van der Waals surface area (Å²) in [5, 5.41) is 3.49. The van der Waals surface area contributed by atoms with Crippen molar-refractivity contribution in [2.45, 2.75) is 25.3 Å².